The first-order valence-electron chi connectivity index (χ1n) is 15.3. The second-order valence-corrected chi connectivity index (χ2v) is 11.3. The van der Waals surface area contributed by atoms with E-state index in [0.717, 1.165) is 48.9 Å². The highest BCUT2D eigenvalue weighted by atomic mass is 16.2. The molecule has 0 bridgehead atoms. The third kappa shape index (κ3) is 12.9. The summed E-state index contributed by atoms with van der Waals surface area (Å²) in [6, 6.07) is 17.2. The van der Waals surface area contributed by atoms with Gasteiger partial charge in [0.25, 0.3) is 0 Å². The normalized spacial score (nSPS) is 14.4. The molecule has 0 unspecified atom stereocenters. The number of hydrogen-bond donors (Lipinski definition) is 6. The minimum absolute atomic E-state index is 0.0211. The topological polar surface area (TPSA) is 133 Å². The predicted octanol–water partition coefficient (Wildman–Crippen LogP) is 2.98. The molecule has 1 aliphatic rings. The average molecular weight is 565 g/mol. The fraction of sp³-hybridized carbons (Fsp3) is 0.562. The van der Waals surface area contributed by atoms with Gasteiger partial charge in [-0.3, -0.25) is 9.79 Å². The van der Waals surface area contributed by atoms with Crippen LogP contribution in [-0.4, -0.2) is 57.7 Å². The fourth-order valence-electron chi connectivity index (χ4n) is 5.13. The number of nitrogens with one attached hydrogen (secondary N) is 4. The molecule has 0 radical (unpaired) electrons. The Bertz CT molecular complexity index is 1030. The van der Waals surface area contributed by atoms with Crippen molar-refractivity contribution in [2.24, 2.45) is 16.5 Å². The Labute approximate surface area is 246 Å². The van der Waals surface area contributed by atoms with E-state index in [2.05, 4.69) is 79.7 Å². The summed E-state index contributed by atoms with van der Waals surface area (Å²) in [5.41, 5.74) is 15.5. The van der Waals surface area contributed by atoms with Crippen LogP contribution in [0.2, 0.25) is 0 Å². The highest BCUT2D eigenvalue weighted by Gasteiger charge is 2.17. The molecule has 41 heavy (non-hydrogen) atoms. The summed E-state index contributed by atoms with van der Waals surface area (Å²) in [7, 11) is 4.04. The van der Waals surface area contributed by atoms with Gasteiger partial charge in [-0.25, -0.2) is 0 Å². The van der Waals surface area contributed by atoms with Crippen molar-refractivity contribution in [1.82, 2.24) is 21.3 Å². The summed E-state index contributed by atoms with van der Waals surface area (Å²) >= 11 is 0. The van der Waals surface area contributed by atoms with Crippen molar-refractivity contribution in [1.29, 1.82) is 0 Å². The van der Waals surface area contributed by atoms with Gasteiger partial charge >= 0.3 is 0 Å². The Morgan fingerprint density at radius 3 is 2.17 bits per heavy atom. The Morgan fingerprint density at radius 1 is 0.878 bits per heavy atom. The van der Waals surface area contributed by atoms with E-state index in [4.69, 9.17) is 11.5 Å². The number of benzene rings is 2. The van der Waals surface area contributed by atoms with Crippen molar-refractivity contribution < 1.29 is 4.79 Å². The molecule has 2 aromatic rings. The number of rotatable bonds is 18. The lowest BCUT2D eigenvalue weighted by Gasteiger charge is -2.22. The number of anilines is 1. The summed E-state index contributed by atoms with van der Waals surface area (Å²) in [4.78, 5) is 19.2. The Balaban J connectivity index is 1.39. The minimum Gasteiger partial charge on any atom is -0.378 e. The molecule has 2 aromatic carbocycles. The van der Waals surface area contributed by atoms with Crippen LogP contribution in [0.1, 0.15) is 68.1 Å². The van der Waals surface area contributed by atoms with E-state index >= 15 is 0 Å². The van der Waals surface area contributed by atoms with Crippen LogP contribution in [0.25, 0.3) is 0 Å². The molecule has 226 valence electrons. The molecule has 1 atom stereocenters. The fourth-order valence-corrected chi connectivity index (χ4v) is 5.13. The van der Waals surface area contributed by atoms with E-state index in [1.807, 2.05) is 14.1 Å². The zero-order chi connectivity index (χ0) is 29.3. The number of aliphatic imine (C=N–C) groups is 1. The summed E-state index contributed by atoms with van der Waals surface area (Å²) in [5.74, 6) is 0.0532. The van der Waals surface area contributed by atoms with Gasteiger partial charge in [-0.15, -0.1) is 0 Å². The van der Waals surface area contributed by atoms with Crippen molar-refractivity contribution in [2.75, 3.05) is 38.6 Å². The predicted molar refractivity (Wildman–Crippen MR) is 171 cm³/mol. The van der Waals surface area contributed by atoms with Crippen LogP contribution < -0.4 is 37.6 Å². The first-order valence-corrected chi connectivity index (χ1v) is 15.3. The van der Waals surface area contributed by atoms with E-state index in [-0.39, 0.29) is 17.9 Å². The van der Waals surface area contributed by atoms with Gasteiger partial charge in [0, 0.05) is 52.0 Å². The van der Waals surface area contributed by atoms with E-state index in [1.54, 1.807) is 0 Å². The molecule has 1 amide bonds. The Kier molecular flexibility index (Phi) is 14.5. The van der Waals surface area contributed by atoms with Crippen LogP contribution >= 0.6 is 0 Å². The third-order valence-electron chi connectivity index (χ3n) is 7.65. The van der Waals surface area contributed by atoms with Crippen molar-refractivity contribution in [3.63, 3.8) is 0 Å². The molecule has 3 rings (SSSR count). The first-order chi connectivity index (χ1) is 19.9. The Morgan fingerprint density at radius 2 is 1.51 bits per heavy atom. The number of nitrogens with zero attached hydrogens (tertiary/aromatic N) is 2. The third-order valence-corrected chi connectivity index (χ3v) is 7.65. The lowest BCUT2D eigenvalue weighted by Crippen LogP contribution is -2.43. The van der Waals surface area contributed by atoms with Crippen molar-refractivity contribution in [2.45, 2.75) is 83.1 Å². The van der Waals surface area contributed by atoms with Gasteiger partial charge in [0.15, 0.2) is 5.96 Å². The molecule has 1 saturated carbocycles. The van der Waals surface area contributed by atoms with Crippen LogP contribution in [0.15, 0.2) is 53.5 Å². The van der Waals surface area contributed by atoms with Gasteiger partial charge in [0.1, 0.15) is 0 Å². The van der Waals surface area contributed by atoms with E-state index < -0.39 is 0 Å². The van der Waals surface area contributed by atoms with Crippen LogP contribution in [0.3, 0.4) is 0 Å². The molecule has 9 heteroatoms. The molecule has 0 aromatic heterocycles. The summed E-state index contributed by atoms with van der Waals surface area (Å²) in [5, 5.41) is 13.8. The summed E-state index contributed by atoms with van der Waals surface area (Å²) < 4.78 is 0. The van der Waals surface area contributed by atoms with Crippen LogP contribution in [0, 0.1) is 0 Å². The summed E-state index contributed by atoms with van der Waals surface area (Å²) in [6.45, 7) is 4.54. The molecule has 0 heterocycles. The van der Waals surface area contributed by atoms with E-state index in [9.17, 15) is 4.79 Å². The smallest absolute Gasteiger partial charge is 0.237 e. The Hall–Kier alpha value is -3.14. The van der Waals surface area contributed by atoms with E-state index in [1.165, 1.54) is 37.7 Å². The lowest BCUT2D eigenvalue weighted by atomic mass is 9.95. The SMILES string of the molecule is CN(C)c1ccc(CN[C@@H](CCCN=C(N)N)C(=O)NCc2ccc(CNCCCNC3CCCCC3)cc2)cc1. The van der Waals surface area contributed by atoms with Crippen molar-refractivity contribution >= 4 is 17.6 Å². The average Bonchev–Trinajstić information content (AvgIpc) is 2.98. The van der Waals surface area contributed by atoms with Crippen LogP contribution in [0.4, 0.5) is 5.69 Å². The minimum atomic E-state index is -0.339. The second kappa shape index (κ2) is 18.3. The van der Waals surface area contributed by atoms with Gasteiger partial charge in [0.05, 0.1) is 6.04 Å². The van der Waals surface area contributed by atoms with E-state index in [0.29, 0.717) is 32.5 Å². The molecular weight excluding hydrogens is 512 g/mol. The molecule has 9 nitrogen and oxygen atoms in total. The van der Waals surface area contributed by atoms with Gasteiger partial charge < -0.3 is 37.6 Å². The summed E-state index contributed by atoms with van der Waals surface area (Å²) in [6.07, 6.45) is 9.31. The second-order valence-electron chi connectivity index (χ2n) is 11.3. The quantitative estimate of drug-likeness (QED) is 0.0932. The molecule has 0 saturated heterocycles. The highest BCUT2D eigenvalue weighted by molar-refractivity contribution is 5.81. The molecule has 1 aliphatic carbocycles. The monoisotopic (exact) mass is 564 g/mol. The molecule has 8 N–H and O–H groups in total. The molecule has 1 fully saturated rings. The van der Waals surface area contributed by atoms with Gasteiger partial charge in [0.2, 0.25) is 5.91 Å². The number of carbonyl (C=O) groups is 1. The lowest BCUT2D eigenvalue weighted by molar-refractivity contribution is -0.123. The standard InChI is InChI=1S/C32H52N8O/c1-40(2)29-17-15-27(16-18-29)23-38-30(10-6-20-37-32(33)34)31(41)39-24-26-13-11-25(12-14-26)22-35-19-7-21-36-28-8-4-3-5-9-28/h11-18,28,30,35-36,38H,3-10,19-24H2,1-2H3,(H,39,41)(H4,33,34,37)/t30-/m0/s1. The molecule has 0 aliphatic heterocycles. The molecule has 0 spiro atoms. The maximum atomic E-state index is 13.1. The number of carbonyl (C=O) groups excluding carboxylic acids is 1. The van der Waals surface area contributed by atoms with Gasteiger partial charge in [-0.05, 0) is 74.0 Å². The number of guanidine groups is 1. The largest absolute Gasteiger partial charge is 0.378 e. The van der Waals surface area contributed by atoms with Crippen molar-refractivity contribution in [3.8, 4) is 0 Å². The maximum absolute atomic E-state index is 13.1. The highest BCUT2D eigenvalue weighted by Crippen LogP contribution is 2.17. The maximum Gasteiger partial charge on any atom is 0.237 e. The number of hydrogen-bond acceptors (Lipinski definition) is 6. The van der Waals surface area contributed by atoms with Gasteiger partial charge in [-0.1, -0.05) is 55.7 Å². The number of nitrogens with two attached hydrogens (primary N) is 2. The van der Waals surface area contributed by atoms with Gasteiger partial charge in [-0.2, -0.15) is 0 Å². The van der Waals surface area contributed by atoms with Crippen LogP contribution in [0.5, 0.6) is 0 Å². The molecular formula is C32H52N8O. The zero-order valence-electron chi connectivity index (χ0n) is 25.1. The van der Waals surface area contributed by atoms with Crippen molar-refractivity contribution in [3.05, 3.63) is 65.2 Å². The zero-order valence-corrected chi connectivity index (χ0v) is 25.1. The number of amides is 1. The van der Waals surface area contributed by atoms with Crippen LogP contribution in [-0.2, 0) is 24.4 Å². The first kappa shape index (κ1) is 32.4.